The zero-order valence-electron chi connectivity index (χ0n) is 8.26. The van der Waals surface area contributed by atoms with E-state index in [9.17, 15) is 0 Å². The lowest BCUT2D eigenvalue weighted by Gasteiger charge is -2.11. The van der Waals surface area contributed by atoms with Crippen molar-refractivity contribution in [2.45, 2.75) is 5.72 Å². The minimum Gasteiger partial charge on any atom is -0.411 e. The van der Waals surface area contributed by atoms with E-state index in [4.69, 9.17) is 9.94 Å². The molecule has 78 valence electrons. The van der Waals surface area contributed by atoms with Crippen LogP contribution in [-0.4, -0.2) is 36.0 Å². The maximum absolute atomic E-state index is 8.40. The Morgan fingerprint density at radius 3 is 2.73 bits per heavy atom. The molecule has 0 amide bonds. The van der Waals surface area contributed by atoms with Gasteiger partial charge in [0.2, 0.25) is 0 Å². The summed E-state index contributed by atoms with van der Waals surface area (Å²) in [6.07, 6.45) is 1.42. The van der Waals surface area contributed by atoms with Gasteiger partial charge in [0, 0.05) is 18.7 Å². The first-order chi connectivity index (χ1) is 7.35. The number of rotatable bonds is 2. The van der Waals surface area contributed by atoms with E-state index >= 15 is 0 Å². The Morgan fingerprint density at radius 1 is 1.40 bits per heavy atom. The van der Waals surface area contributed by atoms with E-state index in [1.54, 1.807) is 0 Å². The molecular formula is C11H12N2O2. The molecule has 1 N–H and O–H groups in total. The summed E-state index contributed by atoms with van der Waals surface area (Å²) >= 11 is 0. The number of hydrogen-bond donors (Lipinski definition) is 1. The first-order valence-corrected chi connectivity index (χ1v) is 5.02. The molecule has 2 atom stereocenters. The molecular weight excluding hydrogens is 192 g/mol. The fraction of sp³-hybridized carbons (Fsp3) is 0.364. The fourth-order valence-corrected chi connectivity index (χ4v) is 2.20. The molecule has 0 bridgehead atoms. The van der Waals surface area contributed by atoms with Crippen LogP contribution in [0.4, 0.5) is 0 Å². The highest BCUT2D eigenvalue weighted by Crippen LogP contribution is 2.46. The minimum absolute atomic E-state index is 0.130. The number of ether oxygens (including phenoxy) is 1. The molecule has 3 rings (SSSR count). The molecule has 4 heteroatoms. The summed E-state index contributed by atoms with van der Waals surface area (Å²) in [4.78, 5) is 2.31. The molecule has 1 aromatic rings. The van der Waals surface area contributed by atoms with Crippen LogP contribution in [0.2, 0.25) is 0 Å². The summed E-state index contributed by atoms with van der Waals surface area (Å²) < 4.78 is 5.74. The third kappa shape index (κ3) is 1.26. The van der Waals surface area contributed by atoms with E-state index in [1.807, 2.05) is 24.3 Å². The molecule has 2 saturated heterocycles. The molecule has 0 saturated carbocycles. The van der Waals surface area contributed by atoms with Crippen LogP contribution in [0.5, 0.6) is 0 Å². The van der Waals surface area contributed by atoms with Crippen LogP contribution in [0.1, 0.15) is 11.1 Å². The zero-order valence-corrected chi connectivity index (χ0v) is 8.26. The van der Waals surface area contributed by atoms with Crippen molar-refractivity contribution in [1.29, 1.82) is 0 Å². The molecule has 0 spiro atoms. The number of nitrogens with zero attached hydrogens (tertiary/aromatic N) is 2. The SMILES string of the molecule is ON=Cc1ccc(C23CN2CCO3)cc1. The lowest BCUT2D eigenvalue weighted by Crippen LogP contribution is -2.11. The van der Waals surface area contributed by atoms with Gasteiger partial charge in [0.15, 0.2) is 5.72 Å². The molecule has 2 fully saturated rings. The largest absolute Gasteiger partial charge is 0.411 e. The van der Waals surface area contributed by atoms with Gasteiger partial charge in [-0.15, -0.1) is 0 Å². The van der Waals surface area contributed by atoms with Gasteiger partial charge in [-0.2, -0.15) is 0 Å². The summed E-state index contributed by atoms with van der Waals surface area (Å²) in [5.41, 5.74) is 1.95. The molecule has 1 aromatic carbocycles. The standard InChI is InChI=1S/C11H12N2O2/c14-12-7-9-1-3-10(4-2-9)11-8-13(11)5-6-15-11/h1-4,7,14H,5-6,8H2. The molecule has 0 aliphatic carbocycles. The van der Waals surface area contributed by atoms with Gasteiger partial charge in [-0.05, 0) is 5.56 Å². The topological polar surface area (TPSA) is 44.8 Å². The van der Waals surface area contributed by atoms with Gasteiger partial charge >= 0.3 is 0 Å². The Hall–Kier alpha value is -1.39. The van der Waals surface area contributed by atoms with Crippen molar-refractivity contribution in [3.8, 4) is 0 Å². The number of hydrogen-bond acceptors (Lipinski definition) is 4. The van der Waals surface area contributed by atoms with Crippen LogP contribution in [0.25, 0.3) is 0 Å². The van der Waals surface area contributed by atoms with E-state index in [2.05, 4.69) is 10.1 Å². The molecule has 0 radical (unpaired) electrons. The predicted octanol–water partition coefficient (Wildman–Crippen LogP) is 0.993. The highest BCUT2D eigenvalue weighted by molar-refractivity contribution is 5.79. The highest BCUT2D eigenvalue weighted by Gasteiger charge is 2.58. The Morgan fingerprint density at radius 2 is 2.20 bits per heavy atom. The molecule has 4 nitrogen and oxygen atoms in total. The van der Waals surface area contributed by atoms with Gasteiger partial charge in [0.05, 0.1) is 12.8 Å². The van der Waals surface area contributed by atoms with Crippen LogP contribution in [0, 0.1) is 0 Å². The average molecular weight is 204 g/mol. The van der Waals surface area contributed by atoms with Gasteiger partial charge in [-0.1, -0.05) is 29.4 Å². The molecule has 2 aliphatic rings. The van der Waals surface area contributed by atoms with E-state index in [0.29, 0.717) is 0 Å². The maximum atomic E-state index is 8.40. The van der Waals surface area contributed by atoms with Crippen LogP contribution >= 0.6 is 0 Å². The average Bonchev–Trinajstić information content (AvgIpc) is 2.83. The van der Waals surface area contributed by atoms with Crippen LogP contribution in [-0.2, 0) is 10.5 Å². The van der Waals surface area contributed by atoms with Gasteiger partial charge in [0.25, 0.3) is 0 Å². The predicted molar refractivity (Wildman–Crippen MR) is 55.0 cm³/mol. The van der Waals surface area contributed by atoms with Crippen molar-refractivity contribution in [2.75, 3.05) is 19.7 Å². The fourth-order valence-electron chi connectivity index (χ4n) is 2.20. The lowest BCUT2D eigenvalue weighted by atomic mass is 10.1. The van der Waals surface area contributed by atoms with Crippen molar-refractivity contribution >= 4 is 6.21 Å². The Bertz CT molecular complexity index is 402. The Balaban J connectivity index is 1.88. The molecule has 0 aromatic heterocycles. The normalized spacial score (nSPS) is 33.2. The van der Waals surface area contributed by atoms with Crippen molar-refractivity contribution in [1.82, 2.24) is 4.90 Å². The van der Waals surface area contributed by atoms with Crippen molar-refractivity contribution in [2.24, 2.45) is 5.16 Å². The van der Waals surface area contributed by atoms with E-state index in [1.165, 1.54) is 11.8 Å². The van der Waals surface area contributed by atoms with Gasteiger partial charge in [-0.3, -0.25) is 4.90 Å². The second-order valence-electron chi connectivity index (χ2n) is 3.92. The third-order valence-corrected chi connectivity index (χ3v) is 3.08. The first kappa shape index (κ1) is 8.88. The van der Waals surface area contributed by atoms with Crippen molar-refractivity contribution < 1.29 is 9.94 Å². The van der Waals surface area contributed by atoms with Gasteiger partial charge in [0.1, 0.15) is 0 Å². The second-order valence-corrected chi connectivity index (χ2v) is 3.92. The van der Waals surface area contributed by atoms with Gasteiger partial charge < -0.3 is 9.94 Å². The second kappa shape index (κ2) is 3.05. The number of oxime groups is 1. The summed E-state index contributed by atoms with van der Waals surface area (Å²) in [6, 6.07) is 7.93. The smallest absolute Gasteiger partial charge is 0.160 e. The number of fused-ring (bicyclic) bond motifs is 1. The third-order valence-electron chi connectivity index (χ3n) is 3.08. The summed E-state index contributed by atoms with van der Waals surface area (Å²) in [6.45, 7) is 2.85. The monoisotopic (exact) mass is 204 g/mol. The number of morpholine rings is 1. The molecule has 2 heterocycles. The van der Waals surface area contributed by atoms with Crippen molar-refractivity contribution in [3.05, 3.63) is 35.4 Å². The number of benzene rings is 1. The van der Waals surface area contributed by atoms with E-state index in [-0.39, 0.29) is 5.72 Å². The maximum Gasteiger partial charge on any atom is 0.160 e. The minimum atomic E-state index is -0.130. The molecule has 2 unspecified atom stereocenters. The first-order valence-electron chi connectivity index (χ1n) is 5.02. The van der Waals surface area contributed by atoms with E-state index < -0.39 is 0 Å². The summed E-state index contributed by atoms with van der Waals surface area (Å²) in [7, 11) is 0. The zero-order chi connectivity index (χ0) is 10.3. The molecule has 15 heavy (non-hydrogen) atoms. The van der Waals surface area contributed by atoms with Crippen LogP contribution in [0.15, 0.2) is 29.4 Å². The highest BCUT2D eigenvalue weighted by atomic mass is 16.5. The molecule has 2 aliphatic heterocycles. The van der Waals surface area contributed by atoms with Crippen LogP contribution < -0.4 is 0 Å². The van der Waals surface area contributed by atoms with Crippen molar-refractivity contribution in [3.63, 3.8) is 0 Å². The lowest BCUT2D eigenvalue weighted by molar-refractivity contribution is 0.0588. The Kier molecular flexibility index (Phi) is 1.81. The summed E-state index contributed by atoms with van der Waals surface area (Å²) in [5.74, 6) is 0. The quantitative estimate of drug-likeness (QED) is 0.338. The summed E-state index contributed by atoms with van der Waals surface area (Å²) in [5, 5.41) is 11.4. The Labute approximate surface area is 87.8 Å². The van der Waals surface area contributed by atoms with Crippen LogP contribution in [0.3, 0.4) is 0 Å². The van der Waals surface area contributed by atoms with E-state index in [0.717, 1.165) is 25.3 Å². The van der Waals surface area contributed by atoms with Gasteiger partial charge in [-0.25, -0.2) is 0 Å².